The number of thiocarbonyl (C=S) groups is 1. The number of rotatable bonds is 4. The molecule has 0 amide bonds. The number of nitrogens with one attached hydrogen (secondary N) is 1. The summed E-state index contributed by atoms with van der Waals surface area (Å²) < 4.78 is 10.9. The van der Waals surface area contributed by atoms with Crippen molar-refractivity contribution < 1.29 is 9.15 Å². The molecule has 1 aromatic heterocycles. The largest absolute Gasteiger partial charge is 0.497 e. The fraction of sp³-hybridized carbons (Fsp3) is 0.143. The van der Waals surface area contributed by atoms with E-state index >= 15 is 0 Å². The summed E-state index contributed by atoms with van der Waals surface area (Å²) in [4.78, 5) is 0. The Morgan fingerprint density at radius 3 is 2.74 bits per heavy atom. The number of ether oxygens (including phenoxy) is 1. The summed E-state index contributed by atoms with van der Waals surface area (Å²) in [6.07, 6.45) is 2.35. The maximum atomic E-state index is 5.66. The minimum Gasteiger partial charge on any atom is -0.497 e. The Morgan fingerprint density at radius 2 is 2.00 bits per heavy atom. The number of benzene rings is 2. The molecule has 1 aliphatic rings. The first kappa shape index (κ1) is 17.3. The van der Waals surface area contributed by atoms with Crippen LogP contribution in [0.15, 0.2) is 82.5 Å². The van der Waals surface area contributed by atoms with Gasteiger partial charge in [0.05, 0.1) is 19.4 Å². The van der Waals surface area contributed by atoms with Crippen LogP contribution in [0.25, 0.3) is 0 Å². The van der Waals surface area contributed by atoms with Crippen molar-refractivity contribution in [1.29, 1.82) is 0 Å². The molecule has 6 heteroatoms. The van der Waals surface area contributed by atoms with E-state index in [0.29, 0.717) is 11.5 Å². The number of anilines is 1. The zero-order valence-corrected chi connectivity index (χ0v) is 15.6. The fourth-order valence-corrected chi connectivity index (χ4v) is 3.39. The van der Waals surface area contributed by atoms with Crippen LogP contribution in [0, 0.1) is 0 Å². The molecule has 1 aliphatic heterocycles. The summed E-state index contributed by atoms with van der Waals surface area (Å²) in [6, 6.07) is 21.6. The van der Waals surface area contributed by atoms with Gasteiger partial charge < -0.3 is 14.5 Å². The van der Waals surface area contributed by atoms with Gasteiger partial charge in [-0.15, -0.1) is 0 Å². The Hall–Kier alpha value is -3.12. The molecule has 2 heterocycles. The molecule has 27 heavy (non-hydrogen) atoms. The summed E-state index contributed by atoms with van der Waals surface area (Å²) in [5, 5.41) is 10.4. The minimum atomic E-state index is -0.0380. The van der Waals surface area contributed by atoms with Gasteiger partial charge in [0, 0.05) is 12.1 Å². The van der Waals surface area contributed by atoms with E-state index in [1.807, 2.05) is 65.7 Å². The van der Waals surface area contributed by atoms with E-state index in [0.717, 1.165) is 28.5 Å². The minimum absolute atomic E-state index is 0.0380. The van der Waals surface area contributed by atoms with Crippen LogP contribution in [0.4, 0.5) is 5.69 Å². The molecule has 0 bridgehead atoms. The smallest absolute Gasteiger partial charge is 0.194 e. The van der Waals surface area contributed by atoms with E-state index in [1.165, 1.54) is 0 Å². The van der Waals surface area contributed by atoms with Crippen molar-refractivity contribution >= 4 is 28.7 Å². The Morgan fingerprint density at radius 1 is 1.15 bits per heavy atom. The van der Waals surface area contributed by atoms with Crippen molar-refractivity contribution in [2.45, 2.75) is 12.5 Å². The Labute approximate surface area is 163 Å². The molecule has 5 nitrogen and oxygen atoms in total. The summed E-state index contributed by atoms with van der Waals surface area (Å²) >= 11 is 5.66. The maximum absolute atomic E-state index is 5.66. The highest BCUT2D eigenvalue weighted by molar-refractivity contribution is 7.80. The van der Waals surface area contributed by atoms with Crippen molar-refractivity contribution in [1.82, 2.24) is 5.01 Å². The van der Waals surface area contributed by atoms with Gasteiger partial charge in [0.2, 0.25) is 0 Å². The standard InChI is InChI=1S/C21H19N3O2S/c1-25-17-10-5-7-15(13-17)19-14-18(20-11-6-12-26-20)23-24(19)21(27)22-16-8-3-2-4-9-16/h2-13,19H,14H2,1H3,(H,22,27)/t19-/m1/s1. The van der Waals surface area contributed by atoms with E-state index in [4.69, 9.17) is 26.5 Å². The number of hydrogen-bond acceptors (Lipinski definition) is 4. The first-order chi connectivity index (χ1) is 13.2. The second-order valence-corrected chi connectivity index (χ2v) is 6.55. The van der Waals surface area contributed by atoms with E-state index in [9.17, 15) is 0 Å². The molecule has 0 unspecified atom stereocenters. The average Bonchev–Trinajstić information content (AvgIpc) is 3.38. The number of furan rings is 1. The first-order valence-electron chi connectivity index (χ1n) is 8.65. The lowest BCUT2D eigenvalue weighted by Gasteiger charge is -2.25. The summed E-state index contributed by atoms with van der Waals surface area (Å²) in [7, 11) is 1.66. The zero-order valence-electron chi connectivity index (χ0n) is 14.8. The maximum Gasteiger partial charge on any atom is 0.194 e. The van der Waals surface area contributed by atoms with Crippen molar-refractivity contribution in [3.8, 4) is 5.75 Å². The molecular formula is C21H19N3O2S. The van der Waals surface area contributed by atoms with Crippen molar-refractivity contribution in [2.75, 3.05) is 12.4 Å². The number of hydrogen-bond donors (Lipinski definition) is 1. The molecule has 1 atom stereocenters. The van der Waals surface area contributed by atoms with Gasteiger partial charge in [-0.3, -0.25) is 0 Å². The molecule has 0 aliphatic carbocycles. The first-order valence-corrected chi connectivity index (χ1v) is 9.06. The Balaban J connectivity index is 1.65. The highest BCUT2D eigenvalue weighted by Crippen LogP contribution is 2.34. The van der Waals surface area contributed by atoms with Crippen LogP contribution in [0.1, 0.15) is 23.8 Å². The lowest BCUT2D eigenvalue weighted by Crippen LogP contribution is -2.31. The highest BCUT2D eigenvalue weighted by Gasteiger charge is 2.32. The zero-order chi connectivity index (χ0) is 18.6. The summed E-state index contributed by atoms with van der Waals surface area (Å²) in [5.41, 5.74) is 2.87. The highest BCUT2D eigenvalue weighted by atomic mass is 32.1. The molecule has 136 valence electrons. The van der Waals surface area contributed by atoms with Crippen LogP contribution >= 0.6 is 12.2 Å². The molecule has 0 saturated carbocycles. The molecule has 1 N–H and O–H groups in total. The van der Waals surface area contributed by atoms with Gasteiger partial charge in [0.25, 0.3) is 0 Å². The molecular weight excluding hydrogens is 358 g/mol. The SMILES string of the molecule is COc1cccc([C@H]2CC(c3ccco3)=NN2C(=S)Nc2ccccc2)c1. The van der Waals surface area contributed by atoms with Crippen LogP contribution in [0.3, 0.4) is 0 Å². The lowest BCUT2D eigenvalue weighted by atomic mass is 10.0. The van der Waals surface area contributed by atoms with Crippen molar-refractivity contribution in [2.24, 2.45) is 5.10 Å². The molecule has 0 spiro atoms. The molecule has 0 fully saturated rings. The molecule has 3 aromatic rings. The van der Waals surface area contributed by atoms with Gasteiger partial charge in [-0.25, -0.2) is 5.01 Å². The lowest BCUT2D eigenvalue weighted by molar-refractivity contribution is 0.371. The number of hydrazone groups is 1. The van der Waals surface area contributed by atoms with Crippen LogP contribution < -0.4 is 10.1 Å². The molecule has 4 rings (SSSR count). The number of methoxy groups -OCH3 is 1. The Bertz CT molecular complexity index is 955. The van der Waals surface area contributed by atoms with E-state index in [-0.39, 0.29) is 6.04 Å². The predicted molar refractivity (Wildman–Crippen MR) is 110 cm³/mol. The van der Waals surface area contributed by atoms with Gasteiger partial charge in [-0.2, -0.15) is 5.10 Å². The number of para-hydroxylation sites is 1. The quantitative estimate of drug-likeness (QED) is 0.660. The van der Waals surface area contributed by atoms with E-state index in [2.05, 4.69) is 11.4 Å². The van der Waals surface area contributed by atoms with E-state index < -0.39 is 0 Å². The van der Waals surface area contributed by atoms with Crippen LogP contribution in [-0.4, -0.2) is 22.9 Å². The summed E-state index contributed by atoms with van der Waals surface area (Å²) in [6.45, 7) is 0. The molecule has 0 radical (unpaired) electrons. The average molecular weight is 377 g/mol. The second kappa shape index (κ2) is 7.63. The monoisotopic (exact) mass is 377 g/mol. The predicted octanol–water partition coefficient (Wildman–Crippen LogP) is 4.84. The fourth-order valence-electron chi connectivity index (χ4n) is 3.10. The van der Waals surface area contributed by atoms with Gasteiger partial charge in [0.15, 0.2) is 5.11 Å². The molecule has 0 saturated heterocycles. The third-order valence-electron chi connectivity index (χ3n) is 4.43. The van der Waals surface area contributed by atoms with E-state index in [1.54, 1.807) is 13.4 Å². The van der Waals surface area contributed by atoms with Crippen molar-refractivity contribution in [3.05, 3.63) is 84.3 Å². The van der Waals surface area contributed by atoms with Gasteiger partial charge in [-0.05, 0) is 54.2 Å². The van der Waals surface area contributed by atoms with Gasteiger partial charge in [0.1, 0.15) is 17.2 Å². The van der Waals surface area contributed by atoms with Crippen LogP contribution in [-0.2, 0) is 0 Å². The third kappa shape index (κ3) is 3.71. The van der Waals surface area contributed by atoms with Gasteiger partial charge in [-0.1, -0.05) is 30.3 Å². The molecule has 2 aromatic carbocycles. The normalized spacial score (nSPS) is 16.1. The second-order valence-electron chi connectivity index (χ2n) is 6.16. The van der Waals surface area contributed by atoms with Gasteiger partial charge >= 0.3 is 0 Å². The van der Waals surface area contributed by atoms with Crippen molar-refractivity contribution in [3.63, 3.8) is 0 Å². The number of nitrogens with zero attached hydrogens (tertiary/aromatic N) is 2. The Kier molecular flexibility index (Phi) is 4.89. The topological polar surface area (TPSA) is 50.0 Å². The van der Waals surface area contributed by atoms with Crippen LogP contribution in [0.2, 0.25) is 0 Å². The third-order valence-corrected chi connectivity index (χ3v) is 4.72. The summed E-state index contributed by atoms with van der Waals surface area (Å²) in [5.74, 6) is 1.56. The van der Waals surface area contributed by atoms with Crippen LogP contribution in [0.5, 0.6) is 5.75 Å².